The van der Waals surface area contributed by atoms with Crippen LogP contribution in [0.25, 0.3) is 21.5 Å². The third-order valence-electron chi connectivity index (χ3n) is 11.0. The van der Waals surface area contributed by atoms with Gasteiger partial charge in [0.05, 0.1) is 43.6 Å². The molecule has 7 rings (SSSR count). The van der Waals surface area contributed by atoms with Gasteiger partial charge in [-0.2, -0.15) is 31.8 Å². The van der Waals surface area contributed by atoms with Crippen LogP contribution in [0.1, 0.15) is 27.7 Å². The minimum absolute atomic E-state index is 0.0167. The number of aliphatic hydroxyl groups is 1. The predicted molar refractivity (Wildman–Crippen MR) is 273 cm³/mol. The topological polar surface area (TPSA) is 266 Å². The molecule has 1 heterocycles. The summed E-state index contributed by atoms with van der Waals surface area (Å²) in [7, 11) is -6.44. The lowest BCUT2D eigenvalue weighted by atomic mass is 10.1. The Kier molecular flexibility index (Phi) is 16.1. The van der Waals surface area contributed by atoms with Crippen molar-refractivity contribution in [1.82, 2.24) is 15.0 Å². The van der Waals surface area contributed by atoms with Crippen molar-refractivity contribution in [2.24, 2.45) is 20.5 Å². The summed E-state index contributed by atoms with van der Waals surface area (Å²) in [6.07, 6.45) is 0. The Morgan fingerprint density at radius 2 is 1.00 bits per heavy atom. The average Bonchev–Trinajstić information content (AvgIpc) is 3.34. The molecule has 0 unspecified atom stereocenters. The number of anilines is 6. The van der Waals surface area contributed by atoms with Crippen molar-refractivity contribution in [3.63, 3.8) is 0 Å². The molecule has 20 nitrogen and oxygen atoms in total. The number of methoxy groups -OCH3 is 2. The van der Waals surface area contributed by atoms with E-state index in [4.69, 9.17) is 14.5 Å². The van der Waals surface area contributed by atoms with Crippen LogP contribution in [0, 0.1) is 0 Å². The smallest absolute Gasteiger partial charge is 0.296 e. The fraction of sp³-hybridized carbons (Fsp3) is 0.255. The van der Waals surface area contributed by atoms with Crippen molar-refractivity contribution in [3.05, 3.63) is 97.1 Å². The molecule has 0 bridgehead atoms. The summed E-state index contributed by atoms with van der Waals surface area (Å²) in [5, 5.41) is 36.7. The number of aromatic nitrogens is 3. The first-order valence-corrected chi connectivity index (χ1v) is 25.8. The molecule has 0 atom stereocenters. The van der Waals surface area contributed by atoms with Gasteiger partial charge in [0.2, 0.25) is 11.9 Å². The zero-order valence-electron chi connectivity index (χ0n) is 39.0. The molecule has 1 aromatic heterocycles. The summed E-state index contributed by atoms with van der Waals surface area (Å²) in [5.41, 5.74) is 2.20. The van der Waals surface area contributed by atoms with E-state index < -0.39 is 30.0 Å². The Bertz CT molecular complexity index is 3120. The lowest BCUT2D eigenvalue weighted by Crippen LogP contribution is -2.22. The van der Waals surface area contributed by atoms with Gasteiger partial charge in [-0.3, -0.25) is 9.11 Å². The van der Waals surface area contributed by atoms with Crippen molar-refractivity contribution < 1.29 is 40.5 Å². The minimum Gasteiger partial charge on any atom is -0.494 e. The van der Waals surface area contributed by atoms with Gasteiger partial charge in [0, 0.05) is 54.8 Å². The van der Waals surface area contributed by atoms with Crippen LogP contribution in [0.5, 0.6) is 11.5 Å². The monoisotopic (exact) mass is 1010 g/mol. The summed E-state index contributed by atoms with van der Waals surface area (Å²) in [6, 6.07) is 26.4. The third kappa shape index (κ3) is 11.4. The molecule has 7 aromatic rings. The molecule has 5 N–H and O–H groups in total. The fourth-order valence-corrected chi connectivity index (χ4v) is 9.49. The van der Waals surface area contributed by atoms with Crippen molar-refractivity contribution in [2.75, 3.05) is 73.2 Å². The van der Waals surface area contributed by atoms with Crippen LogP contribution in [0.2, 0.25) is 0 Å². The summed E-state index contributed by atoms with van der Waals surface area (Å²) >= 11 is 1.15. The number of azo groups is 2. The Labute approximate surface area is 409 Å². The van der Waals surface area contributed by atoms with Crippen LogP contribution >= 0.6 is 11.8 Å². The molecule has 0 radical (unpaired) electrons. The average molecular weight is 1010 g/mol. The quantitative estimate of drug-likeness (QED) is 0.0254. The number of benzene rings is 6. The van der Waals surface area contributed by atoms with Gasteiger partial charge < -0.3 is 35.0 Å². The van der Waals surface area contributed by atoms with Gasteiger partial charge in [-0.05, 0) is 62.7 Å². The highest BCUT2D eigenvalue weighted by Gasteiger charge is 2.23. The highest BCUT2D eigenvalue weighted by atomic mass is 32.2. The van der Waals surface area contributed by atoms with Gasteiger partial charge in [0.1, 0.15) is 44.0 Å². The van der Waals surface area contributed by atoms with Crippen LogP contribution in [0.15, 0.2) is 132 Å². The van der Waals surface area contributed by atoms with Crippen LogP contribution in [0.4, 0.5) is 57.4 Å². The molecule has 0 amide bonds. The second-order valence-corrected chi connectivity index (χ2v) is 19.0. The Morgan fingerprint density at radius 3 is 1.37 bits per heavy atom. The van der Waals surface area contributed by atoms with Gasteiger partial charge in [-0.1, -0.05) is 72.4 Å². The van der Waals surface area contributed by atoms with E-state index >= 15 is 0 Å². The van der Waals surface area contributed by atoms with E-state index in [0.717, 1.165) is 11.8 Å². The summed E-state index contributed by atoms with van der Waals surface area (Å²) in [6.45, 7) is 10.2. The molecule has 6 aromatic carbocycles. The van der Waals surface area contributed by atoms with Crippen LogP contribution in [-0.4, -0.2) is 98.8 Å². The van der Waals surface area contributed by atoms with Crippen LogP contribution in [0.3, 0.4) is 0 Å². The lowest BCUT2D eigenvalue weighted by molar-refractivity contribution is 0.322. The van der Waals surface area contributed by atoms with E-state index in [1.165, 1.54) is 26.4 Å². The normalized spacial score (nSPS) is 12.0. The Morgan fingerprint density at radius 1 is 0.586 bits per heavy atom. The molecule has 23 heteroatoms. The zero-order valence-corrected chi connectivity index (χ0v) is 41.5. The van der Waals surface area contributed by atoms with Crippen molar-refractivity contribution in [2.45, 2.75) is 42.6 Å². The van der Waals surface area contributed by atoms with E-state index in [-0.39, 0.29) is 52.2 Å². The number of rotatable bonds is 21. The van der Waals surface area contributed by atoms with Crippen molar-refractivity contribution >= 4 is 111 Å². The highest BCUT2D eigenvalue weighted by molar-refractivity contribution is 7.99. The second kappa shape index (κ2) is 22.2. The van der Waals surface area contributed by atoms with Crippen LogP contribution < -0.4 is 29.9 Å². The summed E-state index contributed by atoms with van der Waals surface area (Å²) < 4.78 is 82.6. The fourth-order valence-electron chi connectivity index (χ4n) is 7.64. The first-order chi connectivity index (χ1) is 33.6. The zero-order chi connectivity index (χ0) is 50.2. The number of ether oxygens (including phenoxy) is 2. The molecule has 0 spiro atoms. The molecule has 0 aliphatic rings. The van der Waals surface area contributed by atoms with Gasteiger partial charge >= 0.3 is 0 Å². The molecule has 0 saturated carbocycles. The van der Waals surface area contributed by atoms with E-state index in [1.807, 2.05) is 27.7 Å². The number of nitrogens with one attached hydrogen (secondary N) is 2. The van der Waals surface area contributed by atoms with Crippen LogP contribution in [-0.2, 0) is 20.2 Å². The number of nitrogens with zero attached hydrogens (tertiary/aromatic N) is 9. The molecular formula is C47H51N11O9S3. The summed E-state index contributed by atoms with van der Waals surface area (Å²) in [5.74, 6) is 1.13. The molecule has 0 fully saturated rings. The standard InChI is InChI=1S/C47H51N11O9S3/c1-7-57(8-2)37-25-33(35(27-39(37)66-5)53-55-43-31-17-13-11-15-29(31)19-21-41(43)69(60,61)62)48-45-50-46(52-47(51-45)68-24-23-59)49-34-26-38(58(9-3)10-4)40(67-6)28-36(34)54-56-44-32-18-14-12-16-30(32)20-22-42(44)70(63,64)65/h11-22,25-28,59H,7-10,23-24H2,1-6H3,(H,60,61,62)(H,63,64,65)(H2,48,49,50,51,52)/b55-53+,56-54+. The van der Waals surface area contributed by atoms with E-state index in [1.54, 1.807) is 84.9 Å². The van der Waals surface area contributed by atoms with E-state index in [9.17, 15) is 31.0 Å². The first-order valence-electron chi connectivity index (χ1n) is 21.9. The number of fused-ring (bicyclic) bond motifs is 2. The molecule has 70 heavy (non-hydrogen) atoms. The largest absolute Gasteiger partial charge is 0.494 e. The molecule has 0 aliphatic carbocycles. The molecule has 0 aliphatic heterocycles. The minimum atomic E-state index is -4.73. The van der Waals surface area contributed by atoms with E-state index in [2.05, 4.69) is 50.9 Å². The van der Waals surface area contributed by atoms with Gasteiger partial charge in [-0.15, -0.1) is 20.5 Å². The highest BCUT2D eigenvalue weighted by Crippen LogP contribution is 2.44. The molecule has 0 saturated heterocycles. The number of thioether (sulfide) groups is 1. The maximum absolute atomic E-state index is 12.6. The Hall–Kier alpha value is -7.02. The Balaban J connectivity index is 1.39. The number of hydrogen-bond acceptors (Lipinski definition) is 19. The second-order valence-electron chi connectivity index (χ2n) is 15.1. The number of aliphatic hydroxyl groups excluding tert-OH is 1. The van der Waals surface area contributed by atoms with Gasteiger partial charge in [0.15, 0.2) is 5.16 Å². The maximum Gasteiger partial charge on any atom is 0.296 e. The van der Waals surface area contributed by atoms with Gasteiger partial charge in [-0.25, -0.2) is 0 Å². The predicted octanol–water partition coefficient (Wildman–Crippen LogP) is 10.8. The van der Waals surface area contributed by atoms with Gasteiger partial charge in [0.25, 0.3) is 20.2 Å². The van der Waals surface area contributed by atoms with Crippen molar-refractivity contribution in [1.29, 1.82) is 0 Å². The third-order valence-corrected chi connectivity index (χ3v) is 13.6. The first kappa shape index (κ1) is 50.8. The molecular weight excluding hydrogens is 959 g/mol. The van der Waals surface area contributed by atoms with Crippen molar-refractivity contribution in [3.8, 4) is 11.5 Å². The lowest BCUT2D eigenvalue weighted by Gasteiger charge is -2.25. The SMILES string of the molecule is CCN(CC)c1cc(Nc2nc(Nc3cc(N(CC)CC)c(OC)cc3/N=N/c3c(S(=O)(=O)O)ccc4ccccc34)nc(SCCO)n2)c(/N=N/c2c(S(=O)(=O)O)ccc3ccccc23)cc1OC. The number of hydrogen-bond donors (Lipinski definition) is 5. The molecule has 366 valence electrons. The van der Waals surface area contributed by atoms with E-state index in [0.29, 0.717) is 82.0 Å². The summed E-state index contributed by atoms with van der Waals surface area (Å²) in [4.78, 5) is 17.3. The maximum atomic E-state index is 12.6.